The molecule has 0 amide bonds. The summed E-state index contributed by atoms with van der Waals surface area (Å²) in [4.78, 5) is 9.04. The third-order valence-electron chi connectivity index (χ3n) is 5.36. The van der Waals surface area contributed by atoms with E-state index in [1.165, 1.54) is 0 Å². The molecule has 6 heteroatoms. The van der Waals surface area contributed by atoms with Crippen LogP contribution < -0.4 is 4.90 Å². The number of aromatic hydroxyl groups is 1. The van der Waals surface area contributed by atoms with Crippen molar-refractivity contribution in [2.75, 3.05) is 31.1 Å². The lowest BCUT2D eigenvalue weighted by molar-refractivity contribution is 0.205. The van der Waals surface area contributed by atoms with Gasteiger partial charge in [0, 0.05) is 63.4 Å². The van der Waals surface area contributed by atoms with E-state index >= 15 is 0 Å². The Hall–Kier alpha value is -2.83. The van der Waals surface area contributed by atoms with Gasteiger partial charge in [-0.2, -0.15) is 0 Å². The third-order valence-corrected chi connectivity index (χ3v) is 5.36. The summed E-state index contributed by atoms with van der Waals surface area (Å²) < 4.78 is 1.86. The van der Waals surface area contributed by atoms with Crippen LogP contribution in [-0.2, 0) is 13.6 Å². The van der Waals surface area contributed by atoms with Crippen LogP contribution in [0.5, 0.6) is 5.75 Å². The van der Waals surface area contributed by atoms with Gasteiger partial charge >= 0.3 is 0 Å². The maximum Gasteiger partial charge on any atom is 0.142 e. The van der Waals surface area contributed by atoms with Crippen molar-refractivity contribution in [2.45, 2.75) is 12.6 Å². The smallest absolute Gasteiger partial charge is 0.142 e. The summed E-state index contributed by atoms with van der Waals surface area (Å²) in [6, 6.07) is 15.5. The van der Waals surface area contributed by atoms with Crippen molar-refractivity contribution in [3.63, 3.8) is 0 Å². The van der Waals surface area contributed by atoms with Gasteiger partial charge in [-0.1, -0.05) is 30.3 Å². The molecular weight excluding hydrogens is 352 g/mol. The molecular formula is C22H26N4O2. The number of hydrogen-bond donors (Lipinski definition) is 2. The fourth-order valence-corrected chi connectivity index (χ4v) is 3.85. The Morgan fingerprint density at radius 3 is 2.54 bits per heavy atom. The number of aliphatic hydroxyl groups is 1. The van der Waals surface area contributed by atoms with E-state index in [0.717, 1.165) is 49.5 Å². The Labute approximate surface area is 165 Å². The highest BCUT2D eigenvalue weighted by Gasteiger charge is 2.24. The van der Waals surface area contributed by atoms with Crippen LogP contribution in [0.1, 0.15) is 23.1 Å². The molecule has 4 rings (SSSR count). The van der Waals surface area contributed by atoms with Crippen molar-refractivity contribution in [1.29, 1.82) is 0 Å². The minimum atomic E-state index is -0.749. The summed E-state index contributed by atoms with van der Waals surface area (Å²) in [6.45, 7) is 4.48. The van der Waals surface area contributed by atoms with E-state index in [-0.39, 0.29) is 0 Å². The summed E-state index contributed by atoms with van der Waals surface area (Å²) in [5.74, 6) is 0.961. The molecule has 0 radical (unpaired) electrons. The van der Waals surface area contributed by atoms with Crippen molar-refractivity contribution < 1.29 is 10.2 Å². The molecule has 0 bridgehead atoms. The summed E-state index contributed by atoms with van der Waals surface area (Å²) in [5, 5.41) is 20.6. The third kappa shape index (κ3) is 3.88. The molecule has 1 aliphatic rings. The van der Waals surface area contributed by atoms with E-state index < -0.39 is 6.10 Å². The van der Waals surface area contributed by atoms with Crippen LogP contribution in [0, 0.1) is 0 Å². The molecule has 1 saturated heterocycles. The number of para-hydroxylation sites is 1. The van der Waals surface area contributed by atoms with Gasteiger partial charge in [0.25, 0.3) is 0 Å². The van der Waals surface area contributed by atoms with E-state index in [1.54, 1.807) is 12.3 Å². The van der Waals surface area contributed by atoms with Gasteiger partial charge in [-0.3, -0.25) is 4.90 Å². The molecule has 3 aromatic rings. The molecule has 2 heterocycles. The number of aliphatic hydroxyl groups excluding tert-OH is 1. The van der Waals surface area contributed by atoms with Crippen LogP contribution in [0.3, 0.4) is 0 Å². The van der Waals surface area contributed by atoms with Crippen molar-refractivity contribution in [2.24, 2.45) is 7.05 Å². The van der Waals surface area contributed by atoms with Crippen LogP contribution in [0.4, 0.5) is 5.69 Å². The van der Waals surface area contributed by atoms with E-state index in [2.05, 4.69) is 20.9 Å². The quantitative estimate of drug-likeness (QED) is 0.714. The lowest BCUT2D eigenvalue weighted by Crippen LogP contribution is -2.46. The fraction of sp³-hybridized carbons (Fsp3) is 0.318. The number of rotatable bonds is 5. The van der Waals surface area contributed by atoms with E-state index in [4.69, 9.17) is 0 Å². The molecule has 6 nitrogen and oxygen atoms in total. The first-order valence-electron chi connectivity index (χ1n) is 9.61. The maximum atomic E-state index is 10.9. The van der Waals surface area contributed by atoms with Crippen molar-refractivity contribution in [1.82, 2.24) is 14.5 Å². The monoisotopic (exact) mass is 378 g/mol. The van der Waals surface area contributed by atoms with Crippen LogP contribution in [-0.4, -0.2) is 50.8 Å². The normalized spacial score (nSPS) is 16.3. The van der Waals surface area contributed by atoms with E-state index in [0.29, 0.717) is 11.6 Å². The van der Waals surface area contributed by atoms with Gasteiger partial charge in [-0.05, 0) is 23.8 Å². The van der Waals surface area contributed by atoms with Gasteiger partial charge in [0.05, 0.1) is 0 Å². The Bertz CT molecular complexity index is 932. The Morgan fingerprint density at radius 2 is 1.82 bits per heavy atom. The van der Waals surface area contributed by atoms with Crippen LogP contribution in [0.25, 0.3) is 0 Å². The number of phenolic OH excluding ortho intramolecular Hbond substituents is 1. The van der Waals surface area contributed by atoms with Crippen molar-refractivity contribution >= 4 is 5.69 Å². The minimum absolute atomic E-state index is 0.313. The van der Waals surface area contributed by atoms with Gasteiger partial charge in [0.1, 0.15) is 17.7 Å². The predicted octanol–water partition coefficient (Wildman–Crippen LogP) is 2.53. The predicted molar refractivity (Wildman–Crippen MR) is 109 cm³/mol. The maximum absolute atomic E-state index is 10.9. The zero-order chi connectivity index (χ0) is 19.5. The largest absolute Gasteiger partial charge is 0.508 e. The number of phenols is 1. The number of nitrogens with zero attached hydrogens (tertiary/aromatic N) is 4. The number of benzene rings is 2. The van der Waals surface area contributed by atoms with E-state index in [1.807, 2.05) is 54.2 Å². The summed E-state index contributed by atoms with van der Waals surface area (Å²) >= 11 is 0. The highest BCUT2D eigenvalue weighted by Crippen LogP contribution is 2.30. The first-order valence-corrected chi connectivity index (χ1v) is 9.61. The first-order chi connectivity index (χ1) is 13.6. The molecule has 1 aromatic heterocycles. The zero-order valence-electron chi connectivity index (χ0n) is 16.1. The van der Waals surface area contributed by atoms with Crippen LogP contribution in [0.2, 0.25) is 0 Å². The van der Waals surface area contributed by atoms with Gasteiger partial charge in [0.2, 0.25) is 0 Å². The van der Waals surface area contributed by atoms with Gasteiger partial charge in [0.15, 0.2) is 0 Å². The zero-order valence-corrected chi connectivity index (χ0v) is 16.1. The Kier molecular flexibility index (Phi) is 5.32. The lowest BCUT2D eigenvalue weighted by atomic mass is 10.0. The molecule has 2 aromatic carbocycles. The number of piperazine rings is 1. The van der Waals surface area contributed by atoms with E-state index in [9.17, 15) is 10.2 Å². The molecule has 0 saturated carbocycles. The molecule has 2 N–H and O–H groups in total. The highest BCUT2D eigenvalue weighted by atomic mass is 16.3. The number of aromatic nitrogens is 2. The Balaban J connectivity index is 1.46. The second-order valence-electron chi connectivity index (χ2n) is 7.29. The molecule has 0 aliphatic carbocycles. The molecule has 1 fully saturated rings. The molecule has 1 atom stereocenters. The topological polar surface area (TPSA) is 64.8 Å². The summed E-state index contributed by atoms with van der Waals surface area (Å²) in [7, 11) is 1.90. The highest BCUT2D eigenvalue weighted by molar-refractivity contribution is 5.56. The number of aryl methyl sites for hydroxylation is 1. The number of anilines is 1. The molecule has 146 valence electrons. The summed E-state index contributed by atoms with van der Waals surface area (Å²) in [6.07, 6.45) is 2.81. The van der Waals surface area contributed by atoms with Crippen molar-refractivity contribution in [3.05, 3.63) is 77.9 Å². The average molecular weight is 378 g/mol. The minimum Gasteiger partial charge on any atom is -0.508 e. The second-order valence-corrected chi connectivity index (χ2v) is 7.29. The molecule has 28 heavy (non-hydrogen) atoms. The Morgan fingerprint density at radius 1 is 1.04 bits per heavy atom. The standard InChI is InChI=1S/C22H26N4O2/c1-24-10-9-23-22(24)21(28)19-7-2-3-8-20(19)26-13-11-25(12-14-26)16-17-5-4-6-18(27)15-17/h2-10,15,21,27-28H,11-14,16H2,1H3/t21-/m1/s1. The summed E-state index contributed by atoms with van der Waals surface area (Å²) in [5.41, 5.74) is 3.08. The van der Waals surface area contributed by atoms with Gasteiger partial charge < -0.3 is 19.7 Å². The first kappa shape index (κ1) is 18.5. The number of imidazole rings is 1. The lowest BCUT2D eigenvalue weighted by Gasteiger charge is -2.37. The molecule has 1 aliphatic heterocycles. The molecule has 0 unspecified atom stereocenters. The number of hydrogen-bond acceptors (Lipinski definition) is 5. The van der Waals surface area contributed by atoms with Crippen LogP contribution in [0.15, 0.2) is 60.9 Å². The fourth-order valence-electron chi connectivity index (χ4n) is 3.85. The second kappa shape index (κ2) is 8.04. The van der Waals surface area contributed by atoms with Gasteiger partial charge in [-0.25, -0.2) is 4.98 Å². The average Bonchev–Trinajstić information content (AvgIpc) is 3.14. The van der Waals surface area contributed by atoms with Gasteiger partial charge in [-0.15, -0.1) is 0 Å². The van der Waals surface area contributed by atoms with Crippen LogP contribution >= 0.6 is 0 Å². The molecule has 0 spiro atoms. The SMILES string of the molecule is Cn1ccnc1[C@H](O)c1ccccc1N1CCN(Cc2cccc(O)c2)CC1. The van der Waals surface area contributed by atoms with Crippen molar-refractivity contribution in [3.8, 4) is 5.75 Å².